The second-order valence-electron chi connectivity index (χ2n) is 7.14. The molecule has 26 heavy (non-hydrogen) atoms. The summed E-state index contributed by atoms with van der Waals surface area (Å²) in [5.74, 6) is 0.144. The SMILES string of the molecule is O=C(CCn1cnnn1)N1CCC[C@@H]1c1ccc(CN2CCCC2)cn1. The van der Waals surface area contributed by atoms with Crippen LogP contribution in [0.2, 0.25) is 0 Å². The van der Waals surface area contributed by atoms with Crippen LogP contribution >= 0.6 is 0 Å². The van der Waals surface area contributed by atoms with Crippen molar-refractivity contribution in [1.29, 1.82) is 0 Å². The summed E-state index contributed by atoms with van der Waals surface area (Å²) < 4.78 is 1.59. The molecule has 0 spiro atoms. The number of rotatable bonds is 6. The van der Waals surface area contributed by atoms with E-state index in [1.54, 1.807) is 4.68 Å². The normalized spacial score (nSPS) is 20.8. The van der Waals surface area contributed by atoms with Crippen LogP contribution in [0.5, 0.6) is 0 Å². The Kier molecular flexibility index (Phi) is 5.19. The van der Waals surface area contributed by atoms with E-state index < -0.39 is 0 Å². The first kappa shape index (κ1) is 17.1. The van der Waals surface area contributed by atoms with Crippen molar-refractivity contribution in [1.82, 2.24) is 35.0 Å². The third-order valence-electron chi connectivity index (χ3n) is 5.31. The highest BCUT2D eigenvalue weighted by Crippen LogP contribution is 2.31. The Morgan fingerprint density at radius 2 is 2.04 bits per heavy atom. The van der Waals surface area contributed by atoms with Gasteiger partial charge in [0.25, 0.3) is 0 Å². The summed E-state index contributed by atoms with van der Waals surface area (Å²) >= 11 is 0. The zero-order valence-corrected chi connectivity index (χ0v) is 15.0. The largest absolute Gasteiger partial charge is 0.334 e. The first-order valence-corrected chi connectivity index (χ1v) is 9.47. The Balaban J connectivity index is 1.36. The van der Waals surface area contributed by atoms with E-state index >= 15 is 0 Å². The van der Waals surface area contributed by atoms with Crippen molar-refractivity contribution in [2.75, 3.05) is 19.6 Å². The predicted octanol–water partition coefficient (Wildman–Crippen LogP) is 1.42. The van der Waals surface area contributed by atoms with E-state index in [1.807, 2.05) is 11.1 Å². The van der Waals surface area contributed by atoms with E-state index in [-0.39, 0.29) is 11.9 Å². The van der Waals surface area contributed by atoms with Crippen molar-refractivity contribution in [2.45, 2.75) is 51.2 Å². The zero-order valence-electron chi connectivity index (χ0n) is 15.0. The van der Waals surface area contributed by atoms with Gasteiger partial charge in [-0.25, -0.2) is 4.68 Å². The standard InChI is InChI=1S/C18H25N7O/c26-18(7-11-24-14-20-21-22-24)25-10-3-4-17(25)16-6-5-15(12-19-16)13-23-8-1-2-9-23/h5-6,12,14,17H,1-4,7-11,13H2/t17-/m1/s1. The molecule has 138 valence electrons. The van der Waals surface area contributed by atoms with Crippen LogP contribution in [-0.4, -0.2) is 60.5 Å². The first-order chi connectivity index (χ1) is 12.8. The number of pyridine rings is 1. The summed E-state index contributed by atoms with van der Waals surface area (Å²) in [5.41, 5.74) is 2.26. The predicted molar refractivity (Wildman–Crippen MR) is 94.9 cm³/mol. The molecule has 8 heteroatoms. The van der Waals surface area contributed by atoms with Crippen LogP contribution in [0.1, 0.15) is 49.4 Å². The van der Waals surface area contributed by atoms with E-state index in [4.69, 9.17) is 0 Å². The molecule has 2 aliphatic rings. The van der Waals surface area contributed by atoms with Gasteiger partial charge in [-0.2, -0.15) is 0 Å². The highest BCUT2D eigenvalue weighted by Gasteiger charge is 2.30. The summed E-state index contributed by atoms with van der Waals surface area (Å²) in [4.78, 5) is 21.8. The number of aryl methyl sites for hydroxylation is 1. The second kappa shape index (κ2) is 7.90. The fourth-order valence-electron chi connectivity index (χ4n) is 3.93. The summed E-state index contributed by atoms with van der Waals surface area (Å²) in [6, 6.07) is 4.36. The average Bonchev–Trinajstić information content (AvgIpc) is 3.42. The van der Waals surface area contributed by atoms with E-state index in [2.05, 4.69) is 37.5 Å². The van der Waals surface area contributed by atoms with E-state index in [1.165, 1.54) is 37.8 Å². The first-order valence-electron chi connectivity index (χ1n) is 9.47. The van der Waals surface area contributed by atoms with Crippen LogP contribution in [0.15, 0.2) is 24.7 Å². The van der Waals surface area contributed by atoms with E-state index in [9.17, 15) is 4.79 Å². The third-order valence-corrected chi connectivity index (χ3v) is 5.31. The summed E-state index contributed by atoms with van der Waals surface area (Å²) in [6.45, 7) is 4.67. The van der Waals surface area contributed by atoms with Crippen molar-refractivity contribution >= 4 is 5.91 Å². The molecule has 0 bridgehead atoms. The number of aromatic nitrogens is 5. The van der Waals surface area contributed by atoms with Gasteiger partial charge in [-0.1, -0.05) is 6.07 Å². The molecule has 0 N–H and O–H groups in total. The summed E-state index contributed by atoms with van der Waals surface area (Å²) in [6.07, 6.45) is 8.54. The Labute approximate surface area is 153 Å². The van der Waals surface area contributed by atoms with Crippen molar-refractivity contribution in [3.8, 4) is 0 Å². The lowest BCUT2D eigenvalue weighted by molar-refractivity contribution is -0.132. The number of carbonyl (C=O) groups excluding carboxylic acids is 1. The van der Waals surface area contributed by atoms with Gasteiger partial charge in [0.05, 0.1) is 18.3 Å². The molecule has 1 amide bonds. The monoisotopic (exact) mass is 355 g/mol. The molecule has 0 saturated carbocycles. The molecule has 0 aliphatic carbocycles. The lowest BCUT2D eigenvalue weighted by Gasteiger charge is -2.24. The lowest BCUT2D eigenvalue weighted by atomic mass is 10.1. The molecule has 8 nitrogen and oxygen atoms in total. The van der Waals surface area contributed by atoms with Crippen LogP contribution in [0.25, 0.3) is 0 Å². The van der Waals surface area contributed by atoms with Gasteiger partial charge in [-0.15, -0.1) is 5.10 Å². The Hall–Kier alpha value is -2.35. The minimum Gasteiger partial charge on any atom is -0.334 e. The maximum atomic E-state index is 12.6. The van der Waals surface area contributed by atoms with Gasteiger partial charge in [0.2, 0.25) is 5.91 Å². The topological polar surface area (TPSA) is 80.0 Å². The minimum atomic E-state index is 0.0946. The van der Waals surface area contributed by atoms with Gasteiger partial charge < -0.3 is 4.90 Å². The molecule has 2 aromatic rings. The van der Waals surface area contributed by atoms with E-state index in [0.717, 1.165) is 31.6 Å². The van der Waals surface area contributed by atoms with Gasteiger partial charge in [-0.05, 0) is 60.8 Å². The van der Waals surface area contributed by atoms with Gasteiger partial charge in [0, 0.05) is 25.7 Å². The quantitative estimate of drug-likeness (QED) is 0.780. The maximum Gasteiger partial charge on any atom is 0.225 e. The Morgan fingerprint density at radius 3 is 2.77 bits per heavy atom. The molecule has 0 unspecified atom stereocenters. The van der Waals surface area contributed by atoms with Gasteiger partial charge in [0.1, 0.15) is 6.33 Å². The Bertz CT molecular complexity index is 710. The molecular weight excluding hydrogens is 330 g/mol. The van der Waals surface area contributed by atoms with Crippen molar-refractivity contribution in [2.24, 2.45) is 0 Å². The van der Waals surface area contributed by atoms with Gasteiger partial charge in [-0.3, -0.25) is 14.7 Å². The molecule has 4 rings (SSSR count). The molecule has 2 saturated heterocycles. The number of tetrazole rings is 1. The van der Waals surface area contributed by atoms with Gasteiger partial charge >= 0.3 is 0 Å². The fourth-order valence-corrected chi connectivity index (χ4v) is 3.93. The third kappa shape index (κ3) is 3.90. The molecule has 1 atom stereocenters. The molecule has 2 aliphatic heterocycles. The number of carbonyl (C=O) groups is 1. The molecule has 0 aromatic carbocycles. The number of hydrogen-bond acceptors (Lipinski definition) is 6. The Morgan fingerprint density at radius 1 is 1.15 bits per heavy atom. The van der Waals surface area contributed by atoms with Crippen molar-refractivity contribution < 1.29 is 4.79 Å². The van der Waals surface area contributed by atoms with Crippen LogP contribution in [0.3, 0.4) is 0 Å². The summed E-state index contributed by atoms with van der Waals surface area (Å²) in [7, 11) is 0. The highest BCUT2D eigenvalue weighted by atomic mass is 16.2. The number of nitrogens with zero attached hydrogens (tertiary/aromatic N) is 7. The molecular formula is C18H25N7O. The molecule has 2 fully saturated rings. The highest BCUT2D eigenvalue weighted by molar-refractivity contribution is 5.76. The van der Waals surface area contributed by atoms with Crippen LogP contribution in [0, 0.1) is 0 Å². The minimum absolute atomic E-state index is 0.0946. The zero-order chi connectivity index (χ0) is 17.8. The smallest absolute Gasteiger partial charge is 0.225 e. The average molecular weight is 355 g/mol. The van der Waals surface area contributed by atoms with Crippen LogP contribution in [0.4, 0.5) is 0 Å². The number of hydrogen-bond donors (Lipinski definition) is 0. The van der Waals surface area contributed by atoms with Crippen LogP contribution < -0.4 is 0 Å². The van der Waals surface area contributed by atoms with Crippen LogP contribution in [-0.2, 0) is 17.9 Å². The fraction of sp³-hybridized carbons (Fsp3) is 0.611. The maximum absolute atomic E-state index is 12.6. The van der Waals surface area contributed by atoms with Crippen molar-refractivity contribution in [3.05, 3.63) is 35.9 Å². The van der Waals surface area contributed by atoms with Crippen molar-refractivity contribution in [3.63, 3.8) is 0 Å². The molecule has 0 radical (unpaired) electrons. The van der Waals surface area contributed by atoms with E-state index in [0.29, 0.717) is 13.0 Å². The second-order valence-corrected chi connectivity index (χ2v) is 7.14. The lowest BCUT2D eigenvalue weighted by Crippen LogP contribution is -2.31. The summed E-state index contributed by atoms with van der Waals surface area (Å²) in [5, 5.41) is 11.0. The molecule has 4 heterocycles. The number of likely N-dealkylation sites (tertiary alicyclic amines) is 2. The molecule has 2 aromatic heterocycles. The van der Waals surface area contributed by atoms with Gasteiger partial charge in [0.15, 0.2) is 0 Å². The number of amides is 1.